The van der Waals surface area contributed by atoms with E-state index < -0.39 is 19.0 Å². The molecule has 5 rings (SSSR count). The fourth-order valence-corrected chi connectivity index (χ4v) is 6.65. The Balaban J connectivity index is 1.41. The minimum absolute atomic E-state index is 0.142. The van der Waals surface area contributed by atoms with Crippen molar-refractivity contribution < 1.29 is 24.4 Å². The number of anilines is 1. The van der Waals surface area contributed by atoms with Crippen LogP contribution in [-0.4, -0.2) is 35.2 Å². The van der Waals surface area contributed by atoms with Gasteiger partial charge < -0.3 is 14.8 Å². The summed E-state index contributed by atoms with van der Waals surface area (Å²) in [6.07, 6.45) is 4.63. The Morgan fingerprint density at radius 2 is 1.92 bits per heavy atom. The van der Waals surface area contributed by atoms with Crippen molar-refractivity contribution >= 4 is 46.6 Å². The molecule has 2 aliphatic heterocycles. The van der Waals surface area contributed by atoms with Crippen LogP contribution in [0.1, 0.15) is 45.1 Å². The Bertz CT molecular complexity index is 1280. The van der Waals surface area contributed by atoms with Crippen molar-refractivity contribution in [1.29, 1.82) is 0 Å². The number of carbonyl (C=O) groups excluding carboxylic acids is 2. The summed E-state index contributed by atoms with van der Waals surface area (Å²) in [5, 5.41) is 20.9. The van der Waals surface area contributed by atoms with Crippen LogP contribution in [-0.2, 0) is 14.2 Å². The lowest BCUT2D eigenvalue weighted by atomic mass is 9.58. The van der Waals surface area contributed by atoms with Crippen LogP contribution in [0, 0.1) is 17.8 Å². The second-order valence-corrected chi connectivity index (χ2v) is 11.2. The van der Waals surface area contributed by atoms with Gasteiger partial charge in [0.25, 0.3) is 0 Å². The first-order chi connectivity index (χ1) is 17.8. The summed E-state index contributed by atoms with van der Waals surface area (Å²) in [7, 11) is -0.984. The highest BCUT2D eigenvalue weighted by molar-refractivity contribution is 9.10. The number of phenolic OH excluding ortho intramolecular Hbond substituents is 1. The highest BCUT2D eigenvalue weighted by Gasteiger charge is 2.57. The van der Waals surface area contributed by atoms with E-state index in [-0.39, 0.29) is 29.6 Å². The molecule has 2 N–H and O–H groups in total. The normalized spacial score (nSPS) is 26.0. The molecule has 2 aromatic carbocycles. The molecule has 2 saturated heterocycles. The lowest BCUT2D eigenvalue weighted by Crippen LogP contribution is -2.46. The quantitative estimate of drug-likeness (QED) is 0.265. The molecule has 8 heteroatoms. The van der Waals surface area contributed by atoms with E-state index in [1.54, 1.807) is 24.3 Å². The monoisotopic (exact) mass is 563 g/mol. The average molecular weight is 564 g/mol. The summed E-state index contributed by atoms with van der Waals surface area (Å²) in [4.78, 5) is 28.5. The smallest absolute Gasteiger partial charge is 0.455 e. The van der Waals surface area contributed by atoms with E-state index in [2.05, 4.69) is 22.9 Å². The molecule has 2 aromatic rings. The van der Waals surface area contributed by atoms with Gasteiger partial charge in [-0.2, -0.15) is 0 Å². The van der Waals surface area contributed by atoms with Gasteiger partial charge in [0.05, 0.1) is 23.6 Å². The van der Waals surface area contributed by atoms with Crippen LogP contribution in [0.4, 0.5) is 5.69 Å². The first-order valence-corrected chi connectivity index (χ1v) is 13.7. The average Bonchev–Trinajstić information content (AvgIpc) is 3.14. The molecule has 2 amide bonds. The fourth-order valence-electron chi connectivity index (χ4n) is 6.27. The second kappa shape index (κ2) is 10.6. The number of para-hydroxylation sites is 1. The Morgan fingerprint density at radius 1 is 1.16 bits per heavy atom. The van der Waals surface area contributed by atoms with Crippen LogP contribution in [0.2, 0.25) is 6.32 Å². The van der Waals surface area contributed by atoms with E-state index in [1.807, 2.05) is 37.3 Å². The number of imide groups is 1. The highest BCUT2D eigenvalue weighted by atomic mass is 79.9. The molecule has 2 heterocycles. The summed E-state index contributed by atoms with van der Waals surface area (Å²) in [5.41, 5.74) is 4.68. The Morgan fingerprint density at radius 3 is 2.65 bits per heavy atom. The van der Waals surface area contributed by atoms with Gasteiger partial charge in [0, 0.05) is 10.0 Å². The minimum atomic E-state index is -0.984. The maximum Gasteiger partial charge on any atom is 0.455 e. The number of nitrogens with zero attached hydrogens (tertiary/aromatic N) is 1. The number of rotatable bonds is 6. The third-order valence-electron chi connectivity index (χ3n) is 7.94. The molecular weight excluding hydrogens is 533 g/mol. The van der Waals surface area contributed by atoms with Crippen LogP contribution >= 0.6 is 15.9 Å². The molecule has 0 saturated carbocycles. The summed E-state index contributed by atoms with van der Waals surface area (Å²) in [6.45, 7) is 4.10. The number of hydrogen-bond donors (Lipinski definition) is 2. The van der Waals surface area contributed by atoms with Gasteiger partial charge in [-0.3, -0.25) is 14.5 Å². The van der Waals surface area contributed by atoms with Crippen LogP contribution in [0.3, 0.4) is 0 Å². The van der Waals surface area contributed by atoms with E-state index >= 15 is 0 Å². The number of amides is 2. The van der Waals surface area contributed by atoms with Gasteiger partial charge in [0.2, 0.25) is 11.8 Å². The zero-order chi connectivity index (χ0) is 26.3. The number of hydrogen-bond acceptors (Lipinski definition) is 5. The van der Waals surface area contributed by atoms with Crippen LogP contribution in [0.25, 0.3) is 6.08 Å². The summed E-state index contributed by atoms with van der Waals surface area (Å²) >= 11 is 3.45. The van der Waals surface area contributed by atoms with Crippen molar-refractivity contribution in [2.24, 2.45) is 17.8 Å². The SMILES string of the molecule is CCC1=C2[C@@H](CC/C(C)=C/c3cc(Br)ccc3O)OB(O)C[C@@H]2[C@@H]2C(=O)N(c3ccccc3)C(=O)[C@@H]2C1. The molecule has 3 aliphatic rings. The van der Waals surface area contributed by atoms with Gasteiger partial charge in [-0.15, -0.1) is 0 Å². The maximum absolute atomic E-state index is 13.7. The van der Waals surface area contributed by atoms with E-state index in [0.29, 0.717) is 31.3 Å². The third kappa shape index (κ3) is 4.94. The van der Waals surface area contributed by atoms with Crippen LogP contribution < -0.4 is 4.90 Å². The predicted octanol–water partition coefficient (Wildman–Crippen LogP) is 5.75. The van der Waals surface area contributed by atoms with Crippen LogP contribution in [0.15, 0.2) is 69.7 Å². The Kier molecular flexibility index (Phi) is 7.43. The third-order valence-corrected chi connectivity index (χ3v) is 8.43. The molecule has 0 aromatic heterocycles. The van der Waals surface area contributed by atoms with Gasteiger partial charge in [-0.25, -0.2) is 0 Å². The zero-order valence-corrected chi connectivity index (χ0v) is 22.6. The van der Waals surface area contributed by atoms with Crippen molar-refractivity contribution in [3.63, 3.8) is 0 Å². The number of carbonyl (C=O) groups is 2. The second-order valence-electron chi connectivity index (χ2n) is 10.3. The van der Waals surface area contributed by atoms with E-state index in [4.69, 9.17) is 4.65 Å². The topological polar surface area (TPSA) is 87.1 Å². The van der Waals surface area contributed by atoms with Crippen molar-refractivity contribution in [3.8, 4) is 5.75 Å². The molecule has 2 fully saturated rings. The Labute approximate surface area is 226 Å². The standard InChI is InChI=1S/C29H31BBrNO5/c1-3-18-15-22-27(29(35)32(28(22)34)21-7-5-4-6-8-21)23-16-30(36)37-25(26(18)23)12-9-17(2)13-19-14-20(31)10-11-24(19)33/h4-8,10-11,13-14,22-23,25,27,33,36H,3,9,12,15-16H2,1-2H3/b17-13+/t22-,23+,25-,27-/m1/s1. The summed E-state index contributed by atoms with van der Waals surface area (Å²) in [5.74, 6) is -1.19. The number of benzene rings is 2. The molecule has 1 aliphatic carbocycles. The fraction of sp³-hybridized carbons (Fsp3) is 0.379. The van der Waals surface area contributed by atoms with Gasteiger partial charge in [-0.05, 0) is 80.8 Å². The number of fused-ring (bicyclic) bond motifs is 3. The molecule has 6 nitrogen and oxygen atoms in total. The number of halogens is 1. The first-order valence-electron chi connectivity index (χ1n) is 12.9. The lowest BCUT2D eigenvalue weighted by Gasteiger charge is -2.43. The van der Waals surface area contributed by atoms with Crippen molar-refractivity contribution in [2.75, 3.05) is 4.90 Å². The van der Waals surface area contributed by atoms with Crippen molar-refractivity contribution in [3.05, 3.63) is 75.3 Å². The Hall–Kier alpha value is -2.68. The number of phenols is 1. The molecule has 0 radical (unpaired) electrons. The zero-order valence-electron chi connectivity index (χ0n) is 21.1. The van der Waals surface area contributed by atoms with E-state index in [9.17, 15) is 19.7 Å². The minimum Gasteiger partial charge on any atom is -0.507 e. The highest BCUT2D eigenvalue weighted by Crippen LogP contribution is 2.51. The molecule has 37 heavy (non-hydrogen) atoms. The van der Waals surface area contributed by atoms with E-state index in [1.165, 1.54) is 10.5 Å². The molecule has 0 spiro atoms. The number of aromatic hydroxyl groups is 1. The largest absolute Gasteiger partial charge is 0.507 e. The van der Waals surface area contributed by atoms with Gasteiger partial charge in [0.15, 0.2) is 0 Å². The number of allylic oxidation sites excluding steroid dienone is 2. The van der Waals surface area contributed by atoms with Gasteiger partial charge in [-0.1, -0.05) is 58.3 Å². The van der Waals surface area contributed by atoms with Crippen LogP contribution in [0.5, 0.6) is 5.75 Å². The van der Waals surface area contributed by atoms with Crippen molar-refractivity contribution in [2.45, 2.75) is 52.0 Å². The lowest BCUT2D eigenvalue weighted by molar-refractivity contribution is -0.122. The molecule has 0 bridgehead atoms. The maximum atomic E-state index is 13.7. The van der Waals surface area contributed by atoms with Gasteiger partial charge in [0.1, 0.15) is 5.75 Å². The summed E-state index contributed by atoms with van der Waals surface area (Å²) < 4.78 is 6.95. The molecule has 0 unspecified atom stereocenters. The predicted molar refractivity (Wildman–Crippen MR) is 148 cm³/mol. The summed E-state index contributed by atoms with van der Waals surface area (Å²) in [6, 6.07) is 14.4. The van der Waals surface area contributed by atoms with E-state index in [0.717, 1.165) is 27.6 Å². The first kappa shape index (κ1) is 26.0. The van der Waals surface area contributed by atoms with Crippen molar-refractivity contribution in [1.82, 2.24) is 0 Å². The molecule has 4 atom stereocenters. The van der Waals surface area contributed by atoms with Gasteiger partial charge >= 0.3 is 7.12 Å². The molecular formula is C29H31BBrNO5. The molecule has 192 valence electrons.